The Hall–Kier alpha value is -3.00. The minimum Gasteiger partial charge on any atom is -0.378 e. The van der Waals surface area contributed by atoms with Crippen molar-refractivity contribution in [3.63, 3.8) is 0 Å². The fraction of sp³-hybridized carbons (Fsp3) is 0.174. The van der Waals surface area contributed by atoms with Crippen LogP contribution in [0.3, 0.4) is 0 Å². The first-order valence-corrected chi connectivity index (χ1v) is 11.2. The molecule has 1 fully saturated rings. The topological polar surface area (TPSA) is 71.1 Å². The van der Waals surface area contributed by atoms with Gasteiger partial charge >= 0.3 is 0 Å². The van der Waals surface area contributed by atoms with Gasteiger partial charge in [0, 0.05) is 29.1 Å². The van der Waals surface area contributed by atoms with E-state index in [1.165, 1.54) is 11.3 Å². The lowest BCUT2D eigenvalue weighted by Crippen LogP contribution is -2.41. The van der Waals surface area contributed by atoms with Crippen molar-refractivity contribution in [2.75, 3.05) is 26.3 Å². The number of fused-ring (bicyclic) bond motifs is 1. The number of imidazole rings is 1. The van der Waals surface area contributed by atoms with Crippen LogP contribution in [0.4, 0.5) is 0 Å². The molecule has 0 bridgehead atoms. The minimum absolute atomic E-state index is 0.0802. The molecule has 5 rings (SSSR count). The first-order chi connectivity index (χ1) is 15.2. The van der Waals surface area contributed by atoms with E-state index in [0.717, 1.165) is 21.6 Å². The molecule has 0 atom stereocenters. The van der Waals surface area contributed by atoms with Gasteiger partial charge in [0.15, 0.2) is 0 Å². The van der Waals surface area contributed by atoms with Gasteiger partial charge in [-0.15, -0.1) is 11.3 Å². The first kappa shape index (κ1) is 19.9. The van der Waals surface area contributed by atoms with Crippen LogP contribution in [0.1, 0.15) is 11.5 Å². The highest BCUT2D eigenvalue weighted by Gasteiger charge is 2.24. The standard InChI is InChI=1S/C23H19ClN4O2S/c24-16-7-5-15(6-8-16)22-25-17(14-31-22)13-18(23(29)28-9-11-30-12-10-28)21-26-19-3-1-2-4-20(19)27-21/h1-8,13-14H,9-12H2,(H,26,27)/b18-13+. The lowest BCUT2D eigenvalue weighted by Gasteiger charge is -2.27. The molecule has 156 valence electrons. The SMILES string of the molecule is O=C(/C(=C/c1csc(-c2ccc(Cl)cc2)n1)c1nc2ccccc2[nH]1)N1CCOCC1. The molecule has 0 saturated carbocycles. The fourth-order valence-corrected chi connectivity index (χ4v) is 4.38. The number of amides is 1. The third kappa shape index (κ3) is 4.25. The quantitative estimate of drug-likeness (QED) is 0.456. The molecule has 1 amide bonds. The summed E-state index contributed by atoms with van der Waals surface area (Å²) >= 11 is 7.52. The monoisotopic (exact) mass is 450 g/mol. The van der Waals surface area contributed by atoms with Gasteiger partial charge in [0.1, 0.15) is 10.8 Å². The number of benzene rings is 2. The second-order valence-electron chi connectivity index (χ2n) is 7.15. The van der Waals surface area contributed by atoms with Gasteiger partial charge < -0.3 is 14.6 Å². The van der Waals surface area contributed by atoms with Gasteiger partial charge in [-0.25, -0.2) is 9.97 Å². The summed E-state index contributed by atoms with van der Waals surface area (Å²) in [4.78, 5) is 27.9. The minimum atomic E-state index is -0.0802. The van der Waals surface area contributed by atoms with Crippen molar-refractivity contribution in [3.8, 4) is 10.6 Å². The van der Waals surface area contributed by atoms with E-state index in [2.05, 4.69) is 9.97 Å². The Bertz CT molecular complexity index is 1220. The zero-order valence-electron chi connectivity index (χ0n) is 16.5. The average Bonchev–Trinajstić information content (AvgIpc) is 3.45. The smallest absolute Gasteiger partial charge is 0.257 e. The summed E-state index contributed by atoms with van der Waals surface area (Å²) in [5.41, 5.74) is 3.90. The molecule has 2 aromatic carbocycles. The Kier molecular flexibility index (Phi) is 5.55. The van der Waals surface area contributed by atoms with Crippen LogP contribution in [0.5, 0.6) is 0 Å². The number of carbonyl (C=O) groups excluding carboxylic acids is 1. The van der Waals surface area contributed by atoms with Crippen molar-refractivity contribution >= 4 is 51.5 Å². The lowest BCUT2D eigenvalue weighted by atomic mass is 10.1. The molecule has 1 aliphatic rings. The van der Waals surface area contributed by atoms with E-state index < -0.39 is 0 Å². The second kappa shape index (κ2) is 8.63. The third-order valence-corrected chi connectivity index (χ3v) is 6.24. The van der Waals surface area contributed by atoms with Crippen molar-refractivity contribution in [1.82, 2.24) is 19.9 Å². The molecule has 0 radical (unpaired) electrons. The molecule has 1 aliphatic heterocycles. The zero-order chi connectivity index (χ0) is 21.2. The van der Waals surface area contributed by atoms with Crippen LogP contribution in [0.15, 0.2) is 53.9 Å². The van der Waals surface area contributed by atoms with Crippen LogP contribution < -0.4 is 0 Å². The molecule has 1 saturated heterocycles. The van der Waals surface area contributed by atoms with Crippen LogP contribution in [0.25, 0.3) is 33.3 Å². The number of ether oxygens (including phenoxy) is 1. The van der Waals surface area contributed by atoms with Gasteiger partial charge in [-0.1, -0.05) is 35.9 Å². The molecule has 8 heteroatoms. The van der Waals surface area contributed by atoms with Crippen LogP contribution in [0.2, 0.25) is 5.02 Å². The Morgan fingerprint density at radius 3 is 2.65 bits per heavy atom. The van der Waals surface area contributed by atoms with Crippen molar-refractivity contribution in [2.24, 2.45) is 0 Å². The van der Waals surface area contributed by atoms with E-state index >= 15 is 0 Å². The number of para-hydroxylation sites is 2. The van der Waals surface area contributed by atoms with E-state index in [9.17, 15) is 4.79 Å². The molecule has 0 spiro atoms. The van der Waals surface area contributed by atoms with Crippen molar-refractivity contribution < 1.29 is 9.53 Å². The Balaban J connectivity index is 1.54. The number of rotatable bonds is 4. The maximum Gasteiger partial charge on any atom is 0.257 e. The number of halogens is 1. The van der Waals surface area contributed by atoms with Crippen LogP contribution >= 0.6 is 22.9 Å². The van der Waals surface area contributed by atoms with Gasteiger partial charge in [-0.2, -0.15) is 0 Å². The molecule has 3 heterocycles. The fourth-order valence-electron chi connectivity index (χ4n) is 3.47. The van der Waals surface area contributed by atoms with Crippen LogP contribution in [-0.4, -0.2) is 52.1 Å². The van der Waals surface area contributed by atoms with Crippen molar-refractivity contribution in [1.29, 1.82) is 0 Å². The van der Waals surface area contributed by atoms with Gasteiger partial charge in [0.2, 0.25) is 0 Å². The summed E-state index contributed by atoms with van der Waals surface area (Å²) in [6.07, 6.45) is 1.81. The Morgan fingerprint density at radius 1 is 1.10 bits per heavy atom. The normalized spacial score (nSPS) is 14.9. The maximum atomic E-state index is 13.4. The highest BCUT2D eigenvalue weighted by Crippen LogP contribution is 2.28. The number of hydrogen-bond donors (Lipinski definition) is 1. The number of hydrogen-bond acceptors (Lipinski definition) is 5. The maximum absolute atomic E-state index is 13.4. The molecule has 4 aromatic rings. The molecule has 0 unspecified atom stereocenters. The van der Waals surface area contributed by atoms with E-state index in [1.54, 1.807) is 4.90 Å². The van der Waals surface area contributed by atoms with Gasteiger partial charge in [-0.3, -0.25) is 4.79 Å². The molecular formula is C23H19ClN4O2S. The number of aromatic amines is 1. The van der Waals surface area contributed by atoms with Crippen molar-refractivity contribution in [3.05, 3.63) is 70.5 Å². The third-order valence-electron chi connectivity index (χ3n) is 5.08. The van der Waals surface area contributed by atoms with Crippen LogP contribution in [0, 0.1) is 0 Å². The number of thiazole rings is 1. The number of morpholine rings is 1. The average molecular weight is 451 g/mol. The summed E-state index contributed by atoms with van der Waals surface area (Å²) in [6, 6.07) is 15.3. The molecule has 31 heavy (non-hydrogen) atoms. The van der Waals surface area contributed by atoms with E-state index in [0.29, 0.717) is 48.4 Å². The summed E-state index contributed by atoms with van der Waals surface area (Å²) in [5.74, 6) is 0.460. The van der Waals surface area contributed by atoms with Gasteiger partial charge in [-0.05, 0) is 30.3 Å². The molecule has 2 aromatic heterocycles. The largest absolute Gasteiger partial charge is 0.378 e. The van der Waals surface area contributed by atoms with E-state index in [-0.39, 0.29) is 5.91 Å². The summed E-state index contributed by atoms with van der Waals surface area (Å²) in [7, 11) is 0. The van der Waals surface area contributed by atoms with E-state index in [1.807, 2.05) is 60.0 Å². The van der Waals surface area contributed by atoms with Crippen molar-refractivity contribution in [2.45, 2.75) is 0 Å². The number of nitrogens with one attached hydrogen (secondary N) is 1. The lowest BCUT2D eigenvalue weighted by molar-refractivity contribution is -0.128. The predicted molar refractivity (Wildman–Crippen MR) is 124 cm³/mol. The van der Waals surface area contributed by atoms with Crippen LogP contribution in [-0.2, 0) is 9.53 Å². The Morgan fingerprint density at radius 2 is 1.87 bits per heavy atom. The van der Waals surface area contributed by atoms with Gasteiger partial charge in [0.05, 0.1) is 35.5 Å². The number of nitrogens with zero attached hydrogens (tertiary/aromatic N) is 3. The number of carbonyl (C=O) groups is 1. The van der Waals surface area contributed by atoms with E-state index in [4.69, 9.17) is 21.3 Å². The summed E-state index contributed by atoms with van der Waals surface area (Å²) in [6.45, 7) is 2.19. The first-order valence-electron chi connectivity index (χ1n) is 9.93. The molecule has 1 N–H and O–H groups in total. The molecule has 0 aliphatic carbocycles. The number of H-pyrrole nitrogens is 1. The predicted octanol–water partition coefficient (Wildman–Crippen LogP) is 4.74. The Labute approximate surface area is 188 Å². The zero-order valence-corrected chi connectivity index (χ0v) is 18.1. The highest BCUT2D eigenvalue weighted by atomic mass is 35.5. The van der Waals surface area contributed by atoms with Gasteiger partial charge in [0.25, 0.3) is 5.91 Å². The number of aromatic nitrogens is 3. The molecular weight excluding hydrogens is 432 g/mol. The summed E-state index contributed by atoms with van der Waals surface area (Å²) in [5, 5.41) is 3.49. The highest BCUT2D eigenvalue weighted by molar-refractivity contribution is 7.13. The molecule has 6 nitrogen and oxygen atoms in total. The second-order valence-corrected chi connectivity index (χ2v) is 8.44. The summed E-state index contributed by atoms with van der Waals surface area (Å²) < 4.78 is 5.41.